The summed E-state index contributed by atoms with van der Waals surface area (Å²) in [4.78, 5) is 22.6. The van der Waals surface area contributed by atoms with E-state index in [1.54, 1.807) is 0 Å². The van der Waals surface area contributed by atoms with E-state index in [4.69, 9.17) is 5.11 Å². The van der Waals surface area contributed by atoms with Crippen LogP contribution in [0.3, 0.4) is 0 Å². The molecule has 0 spiro atoms. The van der Waals surface area contributed by atoms with Crippen molar-refractivity contribution < 1.29 is 9.90 Å². The van der Waals surface area contributed by atoms with E-state index < -0.39 is 5.97 Å². The van der Waals surface area contributed by atoms with Crippen LogP contribution in [-0.2, 0) is 6.54 Å². The average Bonchev–Trinajstić information content (AvgIpc) is 2.86. The van der Waals surface area contributed by atoms with Gasteiger partial charge in [-0.05, 0) is 0 Å². The molecule has 0 aromatic carbocycles. The van der Waals surface area contributed by atoms with Gasteiger partial charge in [0.15, 0.2) is 11.5 Å². The summed E-state index contributed by atoms with van der Waals surface area (Å²) >= 11 is 0. The Morgan fingerprint density at radius 1 is 1.42 bits per heavy atom. The van der Waals surface area contributed by atoms with Crippen molar-refractivity contribution in [1.82, 2.24) is 25.1 Å². The number of rotatable bonds is 5. The number of hydrogen-bond acceptors (Lipinski definition) is 6. The average molecular weight is 262 g/mol. The Bertz CT molecular complexity index is 563. The Morgan fingerprint density at radius 2 is 2.21 bits per heavy atom. The summed E-state index contributed by atoms with van der Waals surface area (Å²) in [7, 11) is 0. The van der Waals surface area contributed by atoms with Crippen LogP contribution in [0.25, 0.3) is 0 Å². The van der Waals surface area contributed by atoms with Gasteiger partial charge in [0.25, 0.3) is 0 Å². The smallest absolute Gasteiger partial charge is 0.356 e. The molecular formula is C11H14N6O2. The van der Waals surface area contributed by atoms with Crippen molar-refractivity contribution in [3.8, 4) is 0 Å². The molecule has 0 amide bonds. The van der Waals surface area contributed by atoms with E-state index in [1.807, 2.05) is 13.8 Å². The number of carboxylic acid groups (broad SMARTS) is 1. The largest absolute Gasteiger partial charge is 0.476 e. The van der Waals surface area contributed by atoms with Crippen LogP contribution in [-0.4, -0.2) is 36.2 Å². The second-order valence-electron chi connectivity index (χ2n) is 4.24. The maximum Gasteiger partial charge on any atom is 0.356 e. The van der Waals surface area contributed by atoms with Crippen LogP contribution in [0.1, 0.15) is 41.9 Å². The second-order valence-corrected chi connectivity index (χ2v) is 4.24. The maximum absolute atomic E-state index is 10.6. The van der Waals surface area contributed by atoms with E-state index in [0.717, 1.165) is 5.82 Å². The molecule has 0 fully saturated rings. The Labute approximate surface area is 109 Å². The van der Waals surface area contributed by atoms with Crippen LogP contribution >= 0.6 is 0 Å². The molecule has 8 heteroatoms. The number of carboxylic acids is 1. The first-order chi connectivity index (χ1) is 9.06. The second kappa shape index (κ2) is 5.42. The normalized spacial score (nSPS) is 10.7. The molecule has 0 bridgehead atoms. The number of nitrogens with zero attached hydrogens (tertiary/aromatic N) is 4. The third-order valence-electron chi connectivity index (χ3n) is 2.37. The molecule has 0 aliphatic rings. The first kappa shape index (κ1) is 12.9. The van der Waals surface area contributed by atoms with Crippen molar-refractivity contribution in [3.63, 3.8) is 0 Å². The summed E-state index contributed by atoms with van der Waals surface area (Å²) < 4.78 is 0. The van der Waals surface area contributed by atoms with Crippen LogP contribution < -0.4 is 5.32 Å². The molecule has 2 aromatic rings. The highest BCUT2D eigenvalue weighted by atomic mass is 16.4. The van der Waals surface area contributed by atoms with Gasteiger partial charge in [-0.1, -0.05) is 13.8 Å². The van der Waals surface area contributed by atoms with Crippen LogP contribution in [0.15, 0.2) is 12.4 Å². The molecule has 0 aliphatic heterocycles. The summed E-state index contributed by atoms with van der Waals surface area (Å²) in [6.45, 7) is 4.44. The molecule has 8 nitrogen and oxygen atoms in total. The molecular weight excluding hydrogens is 248 g/mol. The van der Waals surface area contributed by atoms with Crippen LogP contribution in [0, 0.1) is 0 Å². The molecule has 19 heavy (non-hydrogen) atoms. The topological polar surface area (TPSA) is 117 Å². The molecule has 0 radical (unpaired) electrons. The summed E-state index contributed by atoms with van der Waals surface area (Å²) in [5.41, 5.74) is -0.0905. The zero-order valence-electron chi connectivity index (χ0n) is 10.6. The van der Waals surface area contributed by atoms with Gasteiger partial charge in [0.2, 0.25) is 0 Å². The number of aromatic nitrogens is 5. The summed E-state index contributed by atoms with van der Waals surface area (Å²) in [5.74, 6) is 1.08. The highest BCUT2D eigenvalue weighted by Gasteiger charge is 2.08. The lowest BCUT2D eigenvalue weighted by Crippen LogP contribution is -2.06. The minimum absolute atomic E-state index is 0.0905. The zero-order chi connectivity index (χ0) is 13.8. The number of carbonyl (C=O) groups is 1. The molecule has 0 unspecified atom stereocenters. The van der Waals surface area contributed by atoms with Crippen molar-refractivity contribution in [2.75, 3.05) is 5.32 Å². The standard InChI is InChI=1S/C11H14N6O2/c1-6(2)10-15-9(16-17-10)5-14-8-4-12-7(3-13-8)11(18)19/h3-4,6H,5H2,1-2H3,(H,13,14)(H,18,19)(H,15,16,17). The van der Waals surface area contributed by atoms with Gasteiger partial charge in [-0.2, -0.15) is 5.10 Å². The molecule has 2 heterocycles. The lowest BCUT2D eigenvalue weighted by molar-refractivity contribution is 0.0690. The SMILES string of the molecule is CC(C)c1n[nH]c(CNc2cnc(C(=O)O)cn2)n1. The van der Waals surface area contributed by atoms with E-state index >= 15 is 0 Å². The summed E-state index contributed by atoms with van der Waals surface area (Å²) in [6.07, 6.45) is 2.56. The van der Waals surface area contributed by atoms with Crippen molar-refractivity contribution in [2.45, 2.75) is 26.3 Å². The highest BCUT2D eigenvalue weighted by Crippen LogP contribution is 2.08. The lowest BCUT2D eigenvalue weighted by atomic mass is 10.2. The van der Waals surface area contributed by atoms with Gasteiger partial charge < -0.3 is 10.4 Å². The molecule has 100 valence electrons. The van der Waals surface area contributed by atoms with Crippen LogP contribution in [0.5, 0.6) is 0 Å². The first-order valence-electron chi connectivity index (χ1n) is 5.76. The third kappa shape index (κ3) is 3.24. The van der Waals surface area contributed by atoms with Crippen molar-refractivity contribution in [1.29, 1.82) is 0 Å². The molecule has 0 atom stereocenters. The number of anilines is 1. The van der Waals surface area contributed by atoms with E-state index in [9.17, 15) is 4.79 Å². The van der Waals surface area contributed by atoms with E-state index in [2.05, 4.69) is 30.5 Å². The summed E-state index contributed by atoms with van der Waals surface area (Å²) in [5, 5.41) is 18.6. The van der Waals surface area contributed by atoms with Gasteiger partial charge in [-0.25, -0.2) is 19.7 Å². The van der Waals surface area contributed by atoms with Crippen molar-refractivity contribution in [2.24, 2.45) is 0 Å². The number of H-pyrrole nitrogens is 1. The molecule has 2 rings (SSSR count). The lowest BCUT2D eigenvalue weighted by Gasteiger charge is -2.02. The Balaban J connectivity index is 1.96. The molecule has 0 saturated heterocycles. The molecule has 3 N–H and O–H groups in total. The molecule has 2 aromatic heterocycles. The number of hydrogen-bond donors (Lipinski definition) is 3. The number of nitrogens with one attached hydrogen (secondary N) is 2. The van der Waals surface area contributed by atoms with Gasteiger partial charge >= 0.3 is 5.97 Å². The predicted octanol–water partition coefficient (Wildman–Crippen LogP) is 1.03. The fourth-order valence-corrected chi connectivity index (χ4v) is 1.35. The van der Waals surface area contributed by atoms with E-state index in [1.165, 1.54) is 12.4 Å². The number of aromatic amines is 1. The van der Waals surface area contributed by atoms with Gasteiger partial charge in [0, 0.05) is 5.92 Å². The first-order valence-corrected chi connectivity index (χ1v) is 5.76. The van der Waals surface area contributed by atoms with E-state index in [0.29, 0.717) is 18.2 Å². The fraction of sp³-hybridized carbons (Fsp3) is 0.364. The Morgan fingerprint density at radius 3 is 2.74 bits per heavy atom. The highest BCUT2D eigenvalue weighted by molar-refractivity contribution is 5.84. The summed E-state index contributed by atoms with van der Waals surface area (Å²) in [6, 6.07) is 0. The van der Waals surface area contributed by atoms with Gasteiger partial charge in [0.05, 0.1) is 18.9 Å². The Kier molecular flexibility index (Phi) is 3.69. The maximum atomic E-state index is 10.6. The number of aromatic carboxylic acids is 1. The molecule has 0 aliphatic carbocycles. The predicted molar refractivity (Wildman–Crippen MR) is 66.8 cm³/mol. The monoisotopic (exact) mass is 262 g/mol. The van der Waals surface area contributed by atoms with Gasteiger partial charge in [-0.15, -0.1) is 0 Å². The minimum atomic E-state index is -1.10. The molecule has 0 saturated carbocycles. The van der Waals surface area contributed by atoms with Crippen LogP contribution in [0.2, 0.25) is 0 Å². The third-order valence-corrected chi connectivity index (χ3v) is 2.37. The van der Waals surface area contributed by atoms with Crippen molar-refractivity contribution in [3.05, 3.63) is 29.7 Å². The minimum Gasteiger partial charge on any atom is -0.476 e. The van der Waals surface area contributed by atoms with Gasteiger partial charge in [0.1, 0.15) is 11.6 Å². The Hall–Kier alpha value is -2.51. The zero-order valence-corrected chi connectivity index (χ0v) is 10.6. The fourth-order valence-electron chi connectivity index (χ4n) is 1.35. The van der Waals surface area contributed by atoms with E-state index in [-0.39, 0.29) is 11.6 Å². The quantitative estimate of drug-likeness (QED) is 0.736. The van der Waals surface area contributed by atoms with Crippen molar-refractivity contribution >= 4 is 11.8 Å². The van der Waals surface area contributed by atoms with Gasteiger partial charge in [-0.3, -0.25) is 5.10 Å². The van der Waals surface area contributed by atoms with Crippen LogP contribution in [0.4, 0.5) is 5.82 Å².